The fraction of sp³-hybridized carbons (Fsp3) is 0.400. The number of hydrogen-bond donors (Lipinski definition) is 3. The molecule has 0 saturated heterocycles. The number of nitrogens with one attached hydrogen (secondary N) is 2. The maximum atomic E-state index is 11.6. The van der Waals surface area contributed by atoms with Crippen LogP contribution in [0.25, 0.3) is 0 Å². The average Bonchev–Trinajstić information content (AvgIpc) is 2.35. The lowest BCUT2D eigenvalue weighted by Gasteiger charge is -2.09. The van der Waals surface area contributed by atoms with Crippen molar-refractivity contribution in [1.82, 2.24) is 10.3 Å². The summed E-state index contributed by atoms with van der Waals surface area (Å²) in [6.07, 6.45) is 3.53. The predicted molar refractivity (Wildman–Crippen MR) is 67.4 cm³/mol. The molecule has 4 N–H and O–H groups in total. The molecule has 16 heavy (non-hydrogen) atoms. The summed E-state index contributed by atoms with van der Waals surface area (Å²) in [6, 6.07) is 3.34. The highest BCUT2D eigenvalue weighted by Crippen LogP contribution is 2.05. The Kier molecular flexibility index (Phi) is 5.07. The minimum atomic E-state index is -0.163. The van der Waals surface area contributed by atoms with Crippen LogP contribution in [-0.4, -0.2) is 28.9 Å². The Bertz CT molecular complexity index is 341. The van der Waals surface area contributed by atoms with Crippen molar-refractivity contribution in [1.29, 1.82) is 0 Å². The molecule has 0 spiro atoms. The largest absolute Gasteiger partial charge is 0.350 e. The summed E-state index contributed by atoms with van der Waals surface area (Å²) < 4.78 is 0. The average molecular weight is 240 g/mol. The van der Waals surface area contributed by atoms with Crippen LogP contribution in [0.15, 0.2) is 18.3 Å². The number of anilines is 1. The van der Waals surface area contributed by atoms with Gasteiger partial charge >= 0.3 is 0 Å². The van der Waals surface area contributed by atoms with Gasteiger partial charge < -0.3 is 10.7 Å². The Hall–Kier alpha value is -1.27. The van der Waals surface area contributed by atoms with E-state index in [9.17, 15) is 4.79 Å². The second-order valence-corrected chi connectivity index (χ2v) is 4.61. The van der Waals surface area contributed by atoms with Crippen LogP contribution in [0.2, 0.25) is 0 Å². The van der Waals surface area contributed by atoms with Crippen LogP contribution >= 0.6 is 11.8 Å². The van der Waals surface area contributed by atoms with Crippen molar-refractivity contribution in [3.8, 4) is 0 Å². The number of aromatic nitrogens is 1. The van der Waals surface area contributed by atoms with Crippen molar-refractivity contribution < 1.29 is 4.79 Å². The van der Waals surface area contributed by atoms with Gasteiger partial charge in [0.25, 0.3) is 5.91 Å². The monoisotopic (exact) mass is 240 g/mol. The van der Waals surface area contributed by atoms with Gasteiger partial charge in [-0.2, -0.15) is 11.8 Å². The molecule has 0 fully saturated rings. The first-order valence-corrected chi connectivity index (χ1v) is 6.19. The Labute approximate surface area is 99.2 Å². The van der Waals surface area contributed by atoms with Crippen LogP contribution in [0.4, 0.5) is 5.69 Å². The van der Waals surface area contributed by atoms with E-state index in [4.69, 9.17) is 5.84 Å². The first-order valence-electron chi connectivity index (χ1n) is 4.91. The van der Waals surface area contributed by atoms with Crippen LogP contribution < -0.4 is 16.6 Å². The molecule has 5 nitrogen and oxygen atoms in total. The molecule has 0 aromatic carbocycles. The van der Waals surface area contributed by atoms with E-state index in [1.54, 1.807) is 23.9 Å². The second-order valence-electron chi connectivity index (χ2n) is 3.33. The number of nitrogens with two attached hydrogens (primary N) is 1. The molecule has 1 heterocycles. The maximum Gasteiger partial charge on any atom is 0.269 e. The molecule has 1 atom stereocenters. The number of thioether (sulfide) groups is 1. The summed E-state index contributed by atoms with van der Waals surface area (Å²) in [4.78, 5) is 15.6. The van der Waals surface area contributed by atoms with E-state index in [-0.39, 0.29) is 5.91 Å². The minimum Gasteiger partial charge on any atom is -0.350 e. The first-order chi connectivity index (χ1) is 7.67. The number of amides is 1. The first kappa shape index (κ1) is 12.8. The summed E-state index contributed by atoms with van der Waals surface area (Å²) in [5, 5.41) is 3.21. The van der Waals surface area contributed by atoms with Crippen LogP contribution in [0, 0.1) is 0 Å². The number of nitrogens with zero attached hydrogens (tertiary/aromatic N) is 1. The molecule has 0 aliphatic carbocycles. The Morgan fingerprint density at radius 3 is 2.88 bits per heavy atom. The summed E-state index contributed by atoms with van der Waals surface area (Å²) in [6.45, 7) is 2.69. The number of pyridine rings is 1. The van der Waals surface area contributed by atoms with Crippen LogP contribution in [0.1, 0.15) is 17.4 Å². The van der Waals surface area contributed by atoms with Crippen molar-refractivity contribution in [2.45, 2.75) is 12.2 Å². The minimum absolute atomic E-state index is 0.163. The molecule has 0 bridgehead atoms. The third kappa shape index (κ3) is 3.71. The lowest BCUT2D eigenvalue weighted by molar-refractivity contribution is 0.0949. The summed E-state index contributed by atoms with van der Waals surface area (Å²) >= 11 is 1.71. The van der Waals surface area contributed by atoms with E-state index in [1.807, 2.05) is 6.26 Å². The molecule has 0 saturated carbocycles. The van der Waals surface area contributed by atoms with Crippen LogP contribution in [0.3, 0.4) is 0 Å². The number of hydrazine groups is 1. The normalized spacial score (nSPS) is 11.9. The van der Waals surface area contributed by atoms with E-state index in [2.05, 4.69) is 22.7 Å². The van der Waals surface area contributed by atoms with Gasteiger partial charge in [-0.1, -0.05) is 6.92 Å². The highest BCUT2D eigenvalue weighted by atomic mass is 32.2. The summed E-state index contributed by atoms with van der Waals surface area (Å²) in [7, 11) is 0. The van der Waals surface area contributed by atoms with E-state index >= 15 is 0 Å². The summed E-state index contributed by atoms with van der Waals surface area (Å²) in [5.74, 6) is 5.04. The summed E-state index contributed by atoms with van der Waals surface area (Å²) in [5.41, 5.74) is 3.53. The van der Waals surface area contributed by atoms with Gasteiger partial charge in [0.2, 0.25) is 0 Å². The van der Waals surface area contributed by atoms with Crippen molar-refractivity contribution in [3.63, 3.8) is 0 Å². The van der Waals surface area contributed by atoms with Gasteiger partial charge in [0.1, 0.15) is 5.69 Å². The van der Waals surface area contributed by atoms with E-state index in [1.165, 1.54) is 6.20 Å². The van der Waals surface area contributed by atoms with Gasteiger partial charge in [0, 0.05) is 11.8 Å². The molecular formula is C10H16N4OS. The van der Waals surface area contributed by atoms with Gasteiger partial charge in [-0.25, -0.2) is 4.98 Å². The fourth-order valence-electron chi connectivity index (χ4n) is 1.02. The highest BCUT2D eigenvalue weighted by Gasteiger charge is 2.08. The van der Waals surface area contributed by atoms with Crippen LogP contribution in [-0.2, 0) is 0 Å². The third-order valence-corrected chi connectivity index (χ3v) is 3.09. The van der Waals surface area contributed by atoms with Crippen molar-refractivity contribution in [2.24, 2.45) is 5.84 Å². The molecule has 1 aromatic heterocycles. The Balaban J connectivity index is 2.52. The van der Waals surface area contributed by atoms with Gasteiger partial charge in [0.05, 0.1) is 11.9 Å². The molecular weight excluding hydrogens is 224 g/mol. The molecule has 88 valence electrons. The zero-order valence-corrected chi connectivity index (χ0v) is 10.2. The van der Waals surface area contributed by atoms with E-state index in [0.29, 0.717) is 23.2 Å². The van der Waals surface area contributed by atoms with Gasteiger partial charge in [-0.15, -0.1) is 0 Å². The fourth-order valence-corrected chi connectivity index (χ4v) is 1.27. The van der Waals surface area contributed by atoms with E-state index in [0.717, 1.165) is 0 Å². The lowest BCUT2D eigenvalue weighted by Crippen LogP contribution is -2.29. The highest BCUT2D eigenvalue weighted by molar-refractivity contribution is 7.99. The number of carbonyl (C=O) groups is 1. The Morgan fingerprint density at radius 2 is 2.38 bits per heavy atom. The van der Waals surface area contributed by atoms with Gasteiger partial charge in [-0.3, -0.25) is 10.6 Å². The van der Waals surface area contributed by atoms with Crippen molar-refractivity contribution >= 4 is 23.4 Å². The molecule has 1 unspecified atom stereocenters. The maximum absolute atomic E-state index is 11.6. The quantitative estimate of drug-likeness (QED) is 0.525. The molecule has 1 aromatic rings. The topological polar surface area (TPSA) is 80.0 Å². The standard InChI is InChI=1S/C10H16N4OS/c1-7(16-2)5-13-10(15)9-4-3-8(14-11)6-12-9/h3-4,6-7,14H,5,11H2,1-2H3,(H,13,15). The number of rotatable bonds is 5. The molecule has 0 aliphatic rings. The molecule has 0 aliphatic heterocycles. The number of hydrogen-bond acceptors (Lipinski definition) is 5. The molecule has 6 heteroatoms. The lowest BCUT2D eigenvalue weighted by atomic mass is 10.3. The van der Waals surface area contributed by atoms with Gasteiger partial charge in [-0.05, 0) is 18.4 Å². The molecule has 1 amide bonds. The second kappa shape index (κ2) is 6.34. The number of nitrogen functional groups attached to an aromatic ring is 1. The van der Waals surface area contributed by atoms with Crippen molar-refractivity contribution in [2.75, 3.05) is 18.2 Å². The Morgan fingerprint density at radius 1 is 1.62 bits per heavy atom. The number of carbonyl (C=O) groups excluding carboxylic acids is 1. The third-order valence-electron chi connectivity index (χ3n) is 2.12. The smallest absolute Gasteiger partial charge is 0.269 e. The SMILES string of the molecule is CSC(C)CNC(=O)c1ccc(NN)cn1. The van der Waals surface area contributed by atoms with Crippen molar-refractivity contribution in [3.05, 3.63) is 24.0 Å². The van der Waals surface area contributed by atoms with Crippen LogP contribution in [0.5, 0.6) is 0 Å². The van der Waals surface area contributed by atoms with Gasteiger partial charge in [0.15, 0.2) is 0 Å². The molecule has 1 rings (SSSR count). The zero-order valence-electron chi connectivity index (χ0n) is 9.36. The molecule has 0 radical (unpaired) electrons. The zero-order chi connectivity index (χ0) is 12.0. The van der Waals surface area contributed by atoms with E-state index < -0.39 is 0 Å². The predicted octanol–water partition coefficient (Wildman–Crippen LogP) is 0.849.